The summed E-state index contributed by atoms with van der Waals surface area (Å²) in [4.78, 5) is 0. The van der Waals surface area contributed by atoms with Gasteiger partial charge < -0.3 is 0 Å². The molecule has 0 aromatic heterocycles. The normalized spacial score (nSPS) is 17.5. The van der Waals surface area contributed by atoms with E-state index < -0.39 is 0 Å². The minimum absolute atomic E-state index is 1.28. The molecule has 111 valence electrons. The molecule has 0 nitrogen and oxygen atoms in total. The van der Waals surface area contributed by atoms with Crippen molar-refractivity contribution in [1.82, 2.24) is 0 Å². The lowest BCUT2D eigenvalue weighted by Crippen LogP contribution is -2.05. The molecule has 4 rings (SSSR count). The van der Waals surface area contributed by atoms with Crippen molar-refractivity contribution in [3.8, 4) is 0 Å². The van der Waals surface area contributed by atoms with Gasteiger partial charge in [0.05, 0.1) is 0 Å². The number of benzene rings is 3. The Labute approximate surface area is 133 Å². The average molecular weight is 287 g/mol. The van der Waals surface area contributed by atoms with Crippen LogP contribution in [-0.4, -0.2) is 0 Å². The van der Waals surface area contributed by atoms with Crippen LogP contribution in [0.15, 0.2) is 54.6 Å². The molecular weight excluding hydrogens is 264 g/mol. The Morgan fingerprint density at radius 1 is 0.545 bits per heavy atom. The second kappa shape index (κ2) is 6.12. The van der Waals surface area contributed by atoms with Gasteiger partial charge in [-0.05, 0) is 46.0 Å². The highest BCUT2D eigenvalue weighted by Crippen LogP contribution is 2.38. The number of rotatable bonds is 1. The monoisotopic (exact) mass is 287 g/mol. The van der Waals surface area contributed by atoms with Crippen LogP contribution in [0.2, 0.25) is 0 Å². The van der Waals surface area contributed by atoms with Crippen molar-refractivity contribution in [2.45, 2.75) is 44.9 Å². The highest BCUT2D eigenvalue weighted by atomic mass is 14.2. The predicted molar refractivity (Wildman–Crippen MR) is 96.1 cm³/mol. The third kappa shape index (κ3) is 2.52. The minimum atomic E-state index is 1.28. The molecule has 3 aromatic carbocycles. The topological polar surface area (TPSA) is 0 Å². The van der Waals surface area contributed by atoms with Crippen molar-refractivity contribution in [2.75, 3.05) is 0 Å². The Kier molecular flexibility index (Phi) is 3.84. The summed E-state index contributed by atoms with van der Waals surface area (Å²) in [5.41, 5.74) is 1.54. The molecule has 0 atom stereocenters. The molecule has 22 heavy (non-hydrogen) atoms. The van der Waals surface area contributed by atoms with Gasteiger partial charge in [0.25, 0.3) is 0 Å². The average Bonchev–Trinajstić information content (AvgIpc) is 2.53. The first-order valence-corrected chi connectivity index (χ1v) is 8.69. The van der Waals surface area contributed by atoms with E-state index >= 15 is 0 Å². The Hall–Kier alpha value is -1.82. The van der Waals surface area contributed by atoms with Crippen molar-refractivity contribution in [1.29, 1.82) is 0 Å². The van der Waals surface area contributed by atoms with Gasteiger partial charge in [-0.2, -0.15) is 0 Å². The fraction of sp³-hybridized carbons (Fsp3) is 0.318. The molecule has 0 spiro atoms. The van der Waals surface area contributed by atoms with Gasteiger partial charge >= 0.3 is 0 Å². The van der Waals surface area contributed by atoms with Crippen molar-refractivity contribution in [3.05, 3.63) is 66.1 Å². The molecule has 3 aromatic rings. The first-order valence-electron chi connectivity index (χ1n) is 8.69. The lowest BCUT2D eigenvalue weighted by molar-refractivity contribution is 0.539. The highest BCUT2D eigenvalue weighted by molar-refractivity contribution is 6.04. The molecule has 0 aliphatic heterocycles. The standard InChI is InChI=1S/C22H23/c1-2-4-10-17(11-5-3-1)22-20-14-8-6-12-18(20)16-19-13-7-9-15-21(19)22/h6-9,12-16H,1-5,10-11H2. The van der Waals surface area contributed by atoms with Crippen LogP contribution in [0, 0.1) is 5.92 Å². The van der Waals surface area contributed by atoms with E-state index in [0.717, 1.165) is 0 Å². The second-order valence-corrected chi connectivity index (χ2v) is 6.57. The molecule has 1 radical (unpaired) electrons. The van der Waals surface area contributed by atoms with Crippen molar-refractivity contribution in [2.24, 2.45) is 0 Å². The smallest absolute Gasteiger partial charge is 0.00625 e. The maximum absolute atomic E-state index is 2.34. The van der Waals surface area contributed by atoms with Gasteiger partial charge in [-0.3, -0.25) is 0 Å². The van der Waals surface area contributed by atoms with Crippen molar-refractivity contribution in [3.63, 3.8) is 0 Å². The van der Waals surface area contributed by atoms with Crippen LogP contribution < -0.4 is 0 Å². The summed E-state index contributed by atoms with van der Waals surface area (Å²) >= 11 is 0. The second-order valence-electron chi connectivity index (χ2n) is 6.57. The summed E-state index contributed by atoms with van der Waals surface area (Å²) in [6, 6.07) is 20.2. The molecule has 0 bridgehead atoms. The first kappa shape index (κ1) is 13.8. The maximum atomic E-state index is 2.34. The van der Waals surface area contributed by atoms with Crippen LogP contribution in [0.5, 0.6) is 0 Å². The molecule has 0 unspecified atom stereocenters. The van der Waals surface area contributed by atoms with Crippen LogP contribution in [0.1, 0.15) is 50.5 Å². The van der Waals surface area contributed by atoms with E-state index in [4.69, 9.17) is 0 Å². The Balaban J connectivity index is 1.94. The zero-order chi connectivity index (χ0) is 14.8. The summed E-state index contributed by atoms with van der Waals surface area (Å²) < 4.78 is 0. The van der Waals surface area contributed by atoms with Crippen LogP contribution in [0.3, 0.4) is 0 Å². The molecule has 1 fully saturated rings. The van der Waals surface area contributed by atoms with Crippen molar-refractivity contribution < 1.29 is 0 Å². The lowest BCUT2D eigenvalue weighted by Gasteiger charge is -2.23. The van der Waals surface area contributed by atoms with E-state index in [0.29, 0.717) is 0 Å². The summed E-state index contributed by atoms with van der Waals surface area (Å²) in [6.07, 6.45) is 9.47. The zero-order valence-electron chi connectivity index (χ0n) is 13.1. The highest BCUT2D eigenvalue weighted by Gasteiger charge is 2.19. The van der Waals surface area contributed by atoms with Gasteiger partial charge in [0.1, 0.15) is 0 Å². The molecule has 0 heterocycles. The van der Waals surface area contributed by atoms with Gasteiger partial charge in [0, 0.05) is 5.92 Å². The third-order valence-corrected chi connectivity index (χ3v) is 5.08. The third-order valence-electron chi connectivity index (χ3n) is 5.08. The quantitative estimate of drug-likeness (QED) is 0.439. The molecule has 0 N–H and O–H groups in total. The molecule has 1 saturated carbocycles. The summed E-state index contributed by atoms with van der Waals surface area (Å²) in [7, 11) is 0. The van der Waals surface area contributed by atoms with E-state index in [1.807, 2.05) is 0 Å². The molecular formula is C22H23. The van der Waals surface area contributed by atoms with E-state index in [9.17, 15) is 0 Å². The van der Waals surface area contributed by atoms with E-state index in [1.54, 1.807) is 5.92 Å². The minimum Gasteiger partial charge on any atom is -0.0616 e. The first-order chi connectivity index (χ1) is 10.9. The van der Waals surface area contributed by atoms with E-state index in [-0.39, 0.29) is 0 Å². The van der Waals surface area contributed by atoms with Crippen LogP contribution in [-0.2, 0) is 0 Å². The summed E-state index contributed by atoms with van der Waals surface area (Å²) in [5, 5.41) is 5.64. The number of hydrogen-bond acceptors (Lipinski definition) is 0. The van der Waals surface area contributed by atoms with E-state index in [2.05, 4.69) is 54.6 Å². The van der Waals surface area contributed by atoms with Crippen LogP contribution in [0.4, 0.5) is 0 Å². The van der Waals surface area contributed by atoms with Gasteiger partial charge in [-0.1, -0.05) is 80.6 Å². The van der Waals surface area contributed by atoms with Crippen LogP contribution in [0.25, 0.3) is 21.5 Å². The Morgan fingerprint density at radius 2 is 1.05 bits per heavy atom. The van der Waals surface area contributed by atoms with E-state index in [1.165, 1.54) is 72.1 Å². The summed E-state index contributed by atoms with van der Waals surface area (Å²) in [5.74, 6) is 1.69. The Morgan fingerprint density at radius 3 is 1.64 bits per heavy atom. The fourth-order valence-electron chi connectivity index (χ4n) is 3.98. The largest absolute Gasteiger partial charge is 0.0616 e. The number of fused-ring (bicyclic) bond motifs is 2. The van der Waals surface area contributed by atoms with Crippen LogP contribution >= 0.6 is 0 Å². The fourth-order valence-corrected chi connectivity index (χ4v) is 3.98. The van der Waals surface area contributed by atoms with Gasteiger partial charge in [-0.25, -0.2) is 0 Å². The molecule has 0 saturated heterocycles. The lowest BCUT2D eigenvalue weighted by atomic mass is 9.81. The maximum Gasteiger partial charge on any atom is 0.00625 e. The predicted octanol–water partition coefficient (Wildman–Crippen LogP) is 6.66. The summed E-state index contributed by atoms with van der Waals surface area (Å²) in [6.45, 7) is 0. The zero-order valence-corrected chi connectivity index (χ0v) is 13.1. The van der Waals surface area contributed by atoms with Gasteiger partial charge in [0.2, 0.25) is 0 Å². The number of hydrogen-bond donors (Lipinski definition) is 0. The SMILES string of the molecule is c1ccc2c([C]3CCCCCCC3)c3ccccc3cc2c1. The molecule has 0 amide bonds. The van der Waals surface area contributed by atoms with Gasteiger partial charge in [-0.15, -0.1) is 0 Å². The molecule has 0 heteroatoms. The van der Waals surface area contributed by atoms with Gasteiger partial charge in [0.15, 0.2) is 0 Å². The Bertz CT molecular complexity index is 722. The molecule has 1 aliphatic rings. The van der Waals surface area contributed by atoms with Crippen molar-refractivity contribution >= 4 is 21.5 Å². The molecule has 1 aliphatic carbocycles.